The third kappa shape index (κ3) is 3.88. The van der Waals surface area contributed by atoms with Crippen LogP contribution in [0.2, 0.25) is 0 Å². The van der Waals surface area contributed by atoms with Crippen LogP contribution in [-0.2, 0) is 9.59 Å². The number of hydrogen-bond acceptors (Lipinski definition) is 3. The molecule has 0 heterocycles. The minimum Gasteiger partial charge on any atom is -0.481 e. The lowest BCUT2D eigenvalue weighted by atomic mass is 9.61. The highest BCUT2D eigenvalue weighted by molar-refractivity contribution is 7.98. The summed E-state index contributed by atoms with van der Waals surface area (Å²) in [6.07, 6.45) is 3.91. The van der Waals surface area contributed by atoms with Crippen LogP contribution in [0.1, 0.15) is 40.0 Å². The van der Waals surface area contributed by atoms with E-state index < -0.39 is 5.97 Å². The van der Waals surface area contributed by atoms with E-state index in [1.54, 1.807) is 11.8 Å². The van der Waals surface area contributed by atoms with Gasteiger partial charge in [0.25, 0.3) is 0 Å². The molecule has 1 aliphatic carbocycles. The van der Waals surface area contributed by atoms with Crippen LogP contribution in [0.4, 0.5) is 0 Å². The van der Waals surface area contributed by atoms with Crippen molar-refractivity contribution >= 4 is 23.6 Å². The molecule has 3 atom stereocenters. The molecule has 4 nitrogen and oxygen atoms in total. The molecule has 0 saturated heterocycles. The lowest BCUT2D eigenvalue weighted by molar-refractivity contribution is -0.150. The number of carboxylic acids is 1. The van der Waals surface area contributed by atoms with Crippen molar-refractivity contribution in [2.24, 2.45) is 17.3 Å². The zero-order chi connectivity index (χ0) is 14.6. The van der Waals surface area contributed by atoms with Crippen LogP contribution < -0.4 is 5.32 Å². The molecule has 1 amide bonds. The lowest BCUT2D eigenvalue weighted by Crippen LogP contribution is -2.52. The van der Waals surface area contributed by atoms with Crippen molar-refractivity contribution in [3.8, 4) is 0 Å². The maximum atomic E-state index is 11.8. The van der Waals surface area contributed by atoms with Gasteiger partial charge in [0.15, 0.2) is 0 Å². The Bertz CT molecular complexity index is 344. The van der Waals surface area contributed by atoms with Gasteiger partial charge in [-0.1, -0.05) is 20.8 Å². The van der Waals surface area contributed by atoms with E-state index in [9.17, 15) is 14.7 Å². The summed E-state index contributed by atoms with van der Waals surface area (Å²) < 4.78 is 0. The molecule has 1 aliphatic rings. The van der Waals surface area contributed by atoms with Crippen LogP contribution >= 0.6 is 11.8 Å². The molecule has 110 valence electrons. The van der Waals surface area contributed by atoms with E-state index >= 15 is 0 Å². The fourth-order valence-electron chi connectivity index (χ4n) is 2.92. The minimum atomic E-state index is -0.719. The Morgan fingerprint density at radius 3 is 2.53 bits per heavy atom. The summed E-state index contributed by atoms with van der Waals surface area (Å²) in [7, 11) is 0. The van der Waals surface area contributed by atoms with Crippen LogP contribution in [0.15, 0.2) is 0 Å². The molecule has 1 fully saturated rings. The molecule has 19 heavy (non-hydrogen) atoms. The highest BCUT2D eigenvalue weighted by Crippen LogP contribution is 2.45. The average molecular weight is 287 g/mol. The maximum absolute atomic E-state index is 11.8. The first-order valence-corrected chi connectivity index (χ1v) is 8.21. The Morgan fingerprint density at radius 2 is 2.00 bits per heavy atom. The highest BCUT2D eigenvalue weighted by atomic mass is 32.2. The smallest absolute Gasteiger partial charge is 0.307 e. The molecular weight excluding hydrogens is 262 g/mol. The molecule has 0 aromatic heterocycles. The van der Waals surface area contributed by atoms with Crippen molar-refractivity contribution in [3.63, 3.8) is 0 Å². The first-order chi connectivity index (χ1) is 8.80. The number of carbonyl (C=O) groups excluding carboxylic acids is 1. The number of amides is 1. The van der Waals surface area contributed by atoms with Crippen molar-refractivity contribution in [2.45, 2.75) is 46.1 Å². The average Bonchev–Trinajstić information content (AvgIpc) is 2.32. The summed E-state index contributed by atoms with van der Waals surface area (Å²) >= 11 is 1.66. The molecule has 0 aromatic rings. The number of hydrogen-bond donors (Lipinski definition) is 2. The maximum Gasteiger partial charge on any atom is 0.307 e. The van der Waals surface area contributed by atoms with E-state index in [1.165, 1.54) is 0 Å². The zero-order valence-electron chi connectivity index (χ0n) is 12.2. The second-order valence-electron chi connectivity index (χ2n) is 6.00. The van der Waals surface area contributed by atoms with Gasteiger partial charge in [0.2, 0.25) is 5.91 Å². The summed E-state index contributed by atoms with van der Waals surface area (Å²) in [6, 6.07) is 0.0972. The van der Waals surface area contributed by atoms with Gasteiger partial charge in [-0.15, -0.1) is 0 Å². The Kier molecular flexibility index (Phi) is 5.71. The molecular formula is C14H25NO3S. The SMILES string of the molecule is CSCCC(=O)NC1CCC(C(=O)O)C(C)(C)C1C. The van der Waals surface area contributed by atoms with Crippen molar-refractivity contribution in [2.75, 3.05) is 12.0 Å². The number of carbonyl (C=O) groups is 2. The van der Waals surface area contributed by atoms with Gasteiger partial charge in [-0.25, -0.2) is 0 Å². The molecule has 0 spiro atoms. The van der Waals surface area contributed by atoms with Crippen molar-refractivity contribution in [1.82, 2.24) is 5.32 Å². The number of nitrogens with one attached hydrogen (secondary N) is 1. The van der Waals surface area contributed by atoms with Gasteiger partial charge in [0.1, 0.15) is 0 Å². The highest BCUT2D eigenvalue weighted by Gasteiger charge is 2.46. The molecule has 1 rings (SSSR count). The second kappa shape index (κ2) is 6.64. The second-order valence-corrected chi connectivity index (χ2v) is 6.98. The van der Waals surface area contributed by atoms with Crippen LogP contribution in [0.25, 0.3) is 0 Å². The quantitative estimate of drug-likeness (QED) is 0.815. The Hall–Kier alpha value is -0.710. The van der Waals surface area contributed by atoms with Crippen LogP contribution in [-0.4, -0.2) is 35.0 Å². The number of thioether (sulfide) groups is 1. The van der Waals surface area contributed by atoms with E-state index in [0.717, 1.165) is 12.2 Å². The summed E-state index contributed by atoms with van der Waals surface area (Å²) in [5.74, 6) is 0.0378. The van der Waals surface area contributed by atoms with E-state index in [1.807, 2.05) is 20.1 Å². The normalized spacial score (nSPS) is 29.8. The van der Waals surface area contributed by atoms with Crippen LogP contribution in [0.3, 0.4) is 0 Å². The standard InChI is InChI=1S/C14H25NO3S/c1-9-11(15-12(16)7-8-19-4)6-5-10(13(17)18)14(9,2)3/h9-11H,5-8H2,1-4H3,(H,15,16)(H,17,18). The molecule has 0 radical (unpaired) electrons. The predicted molar refractivity (Wildman–Crippen MR) is 78.2 cm³/mol. The summed E-state index contributed by atoms with van der Waals surface area (Å²) in [5.41, 5.74) is -0.290. The van der Waals surface area contributed by atoms with Gasteiger partial charge in [0, 0.05) is 18.2 Å². The molecule has 0 aliphatic heterocycles. The van der Waals surface area contributed by atoms with E-state index in [2.05, 4.69) is 12.2 Å². The molecule has 0 bridgehead atoms. The number of carboxylic acid groups (broad SMARTS) is 1. The van der Waals surface area contributed by atoms with Crippen molar-refractivity contribution < 1.29 is 14.7 Å². The zero-order valence-corrected chi connectivity index (χ0v) is 13.0. The molecule has 0 aromatic carbocycles. The van der Waals surface area contributed by atoms with E-state index in [0.29, 0.717) is 12.8 Å². The number of aliphatic carboxylic acids is 1. The van der Waals surface area contributed by atoms with Gasteiger partial charge >= 0.3 is 5.97 Å². The van der Waals surface area contributed by atoms with Gasteiger partial charge < -0.3 is 10.4 Å². The van der Waals surface area contributed by atoms with E-state index in [4.69, 9.17) is 0 Å². The molecule has 2 N–H and O–H groups in total. The monoisotopic (exact) mass is 287 g/mol. The molecule has 3 unspecified atom stereocenters. The van der Waals surface area contributed by atoms with Crippen molar-refractivity contribution in [3.05, 3.63) is 0 Å². The summed E-state index contributed by atoms with van der Waals surface area (Å²) in [6.45, 7) is 6.04. The topological polar surface area (TPSA) is 66.4 Å². The minimum absolute atomic E-state index is 0.0794. The van der Waals surface area contributed by atoms with Gasteiger partial charge in [-0.3, -0.25) is 9.59 Å². The summed E-state index contributed by atoms with van der Waals surface area (Å²) in [4.78, 5) is 23.1. The molecule has 1 saturated carbocycles. The first-order valence-electron chi connectivity index (χ1n) is 6.81. The fraction of sp³-hybridized carbons (Fsp3) is 0.857. The third-order valence-corrected chi connectivity index (χ3v) is 5.23. The third-order valence-electron chi connectivity index (χ3n) is 4.62. The fourth-order valence-corrected chi connectivity index (χ4v) is 3.31. The van der Waals surface area contributed by atoms with Crippen molar-refractivity contribution in [1.29, 1.82) is 0 Å². The predicted octanol–water partition coefficient (Wildman–Crippen LogP) is 2.38. The van der Waals surface area contributed by atoms with Gasteiger partial charge in [-0.05, 0) is 30.4 Å². The first kappa shape index (κ1) is 16.3. The summed E-state index contributed by atoms with van der Waals surface area (Å²) in [5, 5.41) is 12.4. The van der Waals surface area contributed by atoms with Crippen LogP contribution in [0.5, 0.6) is 0 Å². The lowest BCUT2D eigenvalue weighted by Gasteiger charge is -2.46. The largest absolute Gasteiger partial charge is 0.481 e. The van der Waals surface area contributed by atoms with Gasteiger partial charge in [0.05, 0.1) is 5.92 Å². The number of rotatable bonds is 5. The molecule has 5 heteroatoms. The van der Waals surface area contributed by atoms with Gasteiger partial charge in [-0.2, -0.15) is 11.8 Å². The Morgan fingerprint density at radius 1 is 1.37 bits per heavy atom. The Balaban J connectivity index is 2.65. The Labute approximate surface area is 119 Å². The van der Waals surface area contributed by atoms with Crippen LogP contribution in [0, 0.1) is 17.3 Å². The van der Waals surface area contributed by atoms with E-state index in [-0.39, 0.29) is 29.2 Å².